The van der Waals surface area contributed by atoms with Gasteiger partial charge >= 0.3 is 0 Å². The van der Waals surface area contributed by atoms with E-state index in [4.69, 9.17) is 27.2 Å². The molecule has 0 rings (SSSR count). The Hall–Kier alpha value is 1.63. The van der Waals surface area contributed by atoms with E-state index in [1.54, 1.807) is 0 Å². The van der Waals surface area contributed by atoms with Gasteiger partial charge in [-0.25, -0.2) is 0 Å². The first-order valence-corrected chi connectivity index (χ1v) is 6.87. The van der Waals surface area contributed by atoms with Gasteiger partial charge in [-0.15, -0.1) is 4.08 Å². The Morgan fingerprint density at radius 2 is 1.15 bits per heavy atom. The van der Waals surface area contributed by atoms with Gasteiger partial charge in [0.25, 0.3) is 6.84 Å². The van der Waals surface area contributed by atoms with Crippen molar-refractivity contribution in [3.05, 3.63) is 0 Å². The summed E-state index contributed by atoms with van der Waals surface area (Å²) in [6.45, 7) is 10.3. The average molecular weight is 339 g/mol. The van der Waals surface area contributed by atoms with E-state index in [9.17, 15) is 0 Å². The molecule has 0 N–H and O–H groups in total. The molecular formula is C8H18Cl2OPPd+. The van der Waals surface area contributed by atoms with Crippen molar-refractivity contribution in [2.75, 3.05) is 0 Å². The van der Waals surface area contributed by atoms with Crippen molar-refractivity contribution in [3.8, 4) is 0 Å². The molecule has 0 bridgehead atoms. The number of hydrogen-bond donors (Lipinski definition) is 0. The molecule has 0 saturated heterocycles. The molecule has 0 fully saturated rings. The van der Waals surface area contributed by atoms with Gasteiger partial charge in [0.15, 0.2) is 0 Å². The Balaban J connectivity index is 0. The second kappa shape index (κ2) is 5.11. The van der Waals surface area contributed by atoms with Gasteiger partial charge in [0.2, 0.25) is 0 Å². The van der Waals surface area contributed by atoms with Gasteiger partial charge in [0.1, 0.15) is 33.4 Å². The van der Waals surface area contributed by atoms with Crippen molar-refractivity contribution in [1.29, 1.82) is 0 Å². The topological polar surface area (TPSA) is 9.23 Å². The predicted octanol–water partition coefficient (Wildman–Crippen LogP) is 4.84. The van der Waals surface area contributed by atoms with Crippen LogP contribution >= 0.6 is 29.9 Å². The average Bonchev–Trinajstić information content (AvgIpc) is 1.81. The van der Waals surface area contributed by atoms with Gasteiger partial charge in [0, 0.05) is 20.4 Å². The van der Waals surface area contributed by atoms with E-state index >= 15 is 0 Å². The van der Waals surface area contributed by atoms with Gasteiger partial charge < -0.3 is 0 Å². The molecule has 0 aromatic heterocycles. The Bertz CT molecular complexity index is 149. The molecule has 0 spiro atoms. The Kier molecular flexibility index (Phi) is 6.70. The van der Waals surface area contributed by atoms with Gasteiger partial charge in [-0.3, -0.25) is 0 Å². The molecule has 0 aromatic carbocycles. The van der Waals surface area contributed by atoms with Crippen LogP contribution in [0.5, 0.6) is 0 Å². The van der Waals surface area contributed by atoms with Crippen molar-refractivity contribution < 1.29 is 24.5 Å². The first-order chi connectivity index (χ1) is 5.06. The summed E-state index contributed by atoms with van der Waals surface area (Å²) in [6.07, 6.45) is 0. The smallest absolute Gasteiger partial charge is 0.110 e. The van der Waals surface area contributed by atoms with Crippen molar-refractivity contribution in [2.24, 2.45) is 0 Å². The minimum absolute atomic E-state index is 0. The van der Waals surface area contributed by atoms with Crippen LogP contribution in [0, 0.1) is 0 Å². The summed E-state index contributed by atoms with van der Waals surface area (Å²) in [5.41, 5.74) is 0. The molecule has 0 aliphatic rings. The molecule has 0 aromatic rings. The summed E-state index contributed by atoms with van der Waals surface area (Å²) in [5.74, 6) is 0. The fourth-order valence-corrected chi connectivity index (χ4v) is 4.88. The van der Waals surface area contributed by atoms with Gasteiger partial charge in [-0.1, -0.05) is 0 Å². The van der Waals surface area contributed by atoms with Crippen LogP contribution in [0.2, 0.25) is 0 Å². The van der Waals surface area contributed by atoms with E-state index in [1.165, 1.54) is 0 Å². The van der Waals surface area contributed by atoms with Gasteiger partial charge in [-0.05, 0) is 41.5 Å². The van der Waals surface area contributed by atoms with Crippen LogP contribution in [0.15, 0.2) is 0 Å². The molecule has 0 heterocycles. The van der Waals surface area contributed by atoms with Crippen LogP contribution in [0.1, 0.15) is 41.5 Å². The zero-order valence-corrected chi connectivity index (χ0v) is 12.9. The summed E-state index contributed by atoms with van der Waals surface area (Å²) in [5, 5.41) is -0.177. The second-order valence-electron chi connectivity index (χ2n) is 4.94. The van der Waals surface area contributed by atoms with Crippen molar-refractivity contribution in [1.82, 2.24) is 0 Å². The number of halogens is 2. The maximum absolute atomic E-state index is 6.43. The van der Waals surface area contributed by atoms with E-state index in [-0.39, 0.29) is 30.7 Å². The van der Waals surface area contributed by atoms with Crippen LogP contribution in [0.25, 0.3) is 0 Å². The molecule has 0 radical (unpaired) electrons. The third kappa shape index (κ3) is 3.60. The Morgan fingerprint density at radius 3 is 1.15 bits per heavy atom. The van der Waals surface area contributed by atoms with E-state index in [0.29, 0.717) is 0 Å². The van der Waals surface area contributed by atoms with Crippen molar-refractivity contribution >= 4 is 29.9 Å². The van der Waals surface area contributed by atoms with Crippen molar-refractivity contribution in [3.63, 3.8) is 0 Å². The summed E-state index contributed by atoms with van der Waals surface area (Å²) in [6, 6.07) is 0. The summed E-state index contributed by atoms with van der Waals surface area (Å²) < 4.78 is 5.02. The molecule has 5 heteroatoms. The predicted molar refractivity (Wildman–Crippen MR) is 59.2 cm³/mol. The molecule has 0 unspecified atom stereocenters. The monoisotopic (exact) mass is 337 g/mol. The van der Waals surface area contributed by atoms with E-state index < -0.39 is 6.84 Å². The van der Waals surface area contributed by atoms with Crippen LogP contribution in [0.4, 0.5) is 0 Å². The quantitative estimate of drug-likeness (QED) is 0.491. The molecule has 0 saturated carbocycles. The first-order valence-electron chi connectivity index (χ1n) is 3.95. The molecule has 0 amide bonds. The fourth-order valence-electron chi connectivity index (χ4n) is 1.21. The zero-order valence-electron chi connectivity index (χ0n) is 8.93. The molecule has 84 valence electrons. The molecule has 0 aliphatic heterocycles. The fraction of sp³-hybridized carbons (Fsp3) is 1.00. The van der Waals surface area contributed by atoms with Gasteiger partial charge in [0.05, 0.1) is 0 Å². The zero-order chi connectivity index (χ0) is 10.2. The minimum Gasteiger partial charge on any atom is -0.110 e. The Labute approximate surface area is 106 Å². The third-order valence-electron chi connectivity index (χ3n) is 1.82. The SMILES string of the molecule is CC(C)(C)[P+](Cl)(OCl)C(C)(C)C.[Pd]. The van der Waals surface area contributed by atoms with Crippen molar-refractivity contribution in [2.45, 2.75) is 51.9 Å². The standard InChI is InChI=1S/C8H18Cl2OP.Pd/c1-7(2,3)12(10,11-9)8(4,5)6;/h1-6H3;/q+1;. The molecule has 0 aliphatic carbocycles. The van der Waals surface area contributed by atoms with Crippen LogP contribution in [-0.2, 0) is 24.5 Å². The second-order valence-corrected chi connectivity index (χ2v) is 10.7. The van der Waals surface area contributed by atoms with Crippen LogP contribution in [0.3, 0.4) is 0 Å². The largest absolute Gasteiger partial charge is 0.277 e. The normalized spacial score (nSPS) is 13.8. The Morgan fingerprint density at radius 1 is 0.923 bits per heavy atom. The maximum Gasteiger partial charge on any atom is 0.277 e. The molecule has 13 heavy (non-hydrogen) atoms. The van der Waals surface area contributed by atoms with Crippen LogP contribution < -0.4 is 0 Å². The minimum atomic E-state index is -2.08. The van der Waals surface area contributed by atoms with E-state index in [0.717, 1.165) is 0 Å². The summed E-state index contributed by atoms with van der Waals surface area (Å²) >= 11 is 11.9. The van der Waals surface area contributed by atoms with Gasteiger partial charge in [-0.2, -0.15) is 0 Å². The number of rotatable bonds is 1. The molecule has 1 nitrogen and oxygen atoms in total. The molecule has 0 atom stereocenters. The molecular weight excluding hydrogens is 320 g/mol. The summed E-state index contributed by atoms with van der Waals surface area (Å²) in [4.78, 5) is 0. The summed E-state index contributed by atoms with van der Waals surface area (Å²) in [7, 11) is 0. The van der Waals surface area contributed by atoms with E-state index in [1.807, 2.05) is 0 Å². The first kappa shape index (κ1) is 17.0. The number of hydrogen-bond acceptors (Lipinski definition) is 1. The third-order valence-corrected chi connectivity index (χ3v) is 9.54. The maximum atomic E-state index is 6.43. The van der Waals surface area contributed by atoms with E-state index in [2.05, 4.69) is 41.5 Å². The van der Waals surface area contributed by atoms with Crippen LogP contribution in [-0.4, -0.2) is 10.3 Å².